The number of ether oxygens (including phenoxy) is 1. The third kappa shape index (κ3) is 4.08. The third-order valence-corrected chi connectivity index (χ3v) is 4.77. The number of rotatable bonds is 5. The standard InChI is InChI=1S/C18H15ClN4O2S/c1-3-25-18(24)10(2)26-17-14(9-21)15(13(8-20)16(22)23-17)11-4-6-12(19)7-5-11/h4-7,10H,3H2,1-2H3,(H2,22,23). The van der Waals surface area contributed by atoms with Crippen molar-refractivity contribution in [2.45, 2.75) is 24.1 Å². The number of halogens is 1. The van der Waals surface area contributed by atoms with Crippen LogP contribution in [0.15, 0.2) is 29.3 Å². The molecule has 6 nitrogen and oxygen atoms in total. The second kappa shape index (κ2) is 8.57. The molecule has 2 N–H and O–H groups in total. The Kier molecular flexibility index (Phi) is 6.46. The van der Waals surface area contributed by atoms with Crippen LogP contribution in [0.1, 0.15) is 25.0 Å². The molecule has 1 unspecified atom stereocenters. The van der Waals surface area contributed by atoms with E-state index in [-0.39, 0.29) is 28.6 Å². The zero-order chi connectivity index (χ0) is 19.3. The van der Waals surface area contributed by atoms with E-state index in [0.717, 1.165) is 11.8 Å². The number of hydrogen-bond donors (Lipinski definition) is 1. The Balaban J connectivity index is 2.62. The fourth-order valence-electron chi connectivity index (χ4n) is 2.26. The van der Waals surface area contributed by atoms with Gasteiger partial charge in [-0.05, 0) is 31.5 Å². The van der Waals surface area contributed by atoms with Crippen molar-refractivity contribution in [2.24, 2.45) is 0 Å². The van der Waals surface area contributed by atoms with E-state index < -0.39 is 11.2 Å². The number of aromatic nitrogens is 1. The van der Waals surface area contributed by atoms with E-state index in [4.69, 9.17) is 22.1 Å². The molecule has 26 heavy (non-hydrogen) atoms. The molecular weight excluding hydrogens is 372 g/mol. The van der Waals surface area contributed by atoms with Crippen molar-refractivity contribution in [3.05, 3.63) is 40.4 Å². The summed E-state index contributed by atoms with van der Waals surface area (Å²) < 4.78 is 4.98. The Morgan fingerprint density at radius 3 is 2.46 bits per heavy atom. The lowest BCUT2D eigenvalue weighted by atomic mass is 9.97. The predicted octanol–water partition coefficient (Wildman–Crippen LogP) is 3.77. The Hall–Kier alpha value is -2.74. The van der Waals surface area contributed by atoms with E-state index in [1.165, 1.54) is 0 Å². The molecule has 1 atom stereocenters. The lowest BCUT2D eigenvalue weighted by molar-refractivity contribution is -0.142. The maximum Gasteiger partial charge on any atom is 0.319 e. The summed E-state index contributed by atoms with van der Waals surface area (Å²) in [6.45, 7) is 3.63. The van der Waals surface area contributed by atoms with Crippen LogP contribution in [-0.4, -0.2) is 22.8 Å². The number of nitrogens with zero attached hydrogens (tertiary/aromatic N) is 3. The summed E-state index contributed by atoms with van der Waals surface area (Å²) in [7, 11) is 0. The third-order valence-electron chi connectivity index (χ3n) is 3.46. The van der Waals surface area contributed by atoms with Crippen LogP contribution in [0.5, 0.6) is 0 Å². The summed E-state index contributed by atoms with van der Waals surface area (Å²) >= 11 is 6.98. The first kappa shape index (κ1) is 19.6. The molecule has 0 saturated heterocycles. The first-order valence-electron chi connectivity index (χ1n) is 7.65. The summed E-state index contributed by atoms with van der Waals surface area (Å²) in [5.41, 5.74) is 7.21. The fraction of sp³-hybridized carbons (Fsp3) is 0.222. The van der Waals surface area contributed by atoms with Gasteiger partial charge in [-0.1, -0.05) is 35.5 Å². The average molecular weight is 387 g/mol. The Labute approximate surface area is 160 Å². The van der Waals surface area contributed by atoms with Crippen LogP contribution in [0.4, 0.5) is 5.82 Å². The van der Waals surface area contributed by atoms with Gasteiger partial charge in [-0.25, -0.2) is 4.98 Å². The summed E-state index contributed by atoms with van der Waals surface area (Å²) in [4.78, 5) is 16.1. The van der Waals surface area contributed by atoms with Crippen LogP contribution in [0.2, 0.25) is 5.02 Å². The highest BCUT2D eigenvalue weighted by molar-refractivity contribution is 8.00. The highest BCUT2D eigenvalue weighted by atomic mass is 35.5. The average Bonchev–Trinajstić information content (AvgIpc) is 2.62. The minimum absolute atomic E-state index is 0.00462. The van der Waals surface area contributed by atoms with Gasteiger partial charge in [0.2, 0.25) is 0 Å². The summed E-state index contributed by atoms with van der Waals surface area (Å²) in [6.07, 6.45) is 0. The van der Waals surface area contributed by atoms with E-state index in [1.807, 2.05) is 6.07 Å². The van der Waals surface area contributed by atoms with Gasteiger partial charge in [0.1, 0.15) is 33.8 Å². The molecule has 0 saturated carbocycles. The maximum absolute atomic E-state index is 11.9. The number of esters is 1. The molecule has 2 aromatic rings. The Bertz CT molecular complexity index is 917. The van der Waals surface area contributed by atoms with E-state index in [1.54, 1.807) is 38.1 Å². The fourth-order valence-corrected chi connectivity index (χ4v) is 3.31. The molecule has 1 heterocycles. The van der Waals surface area contributed by atoms with Crippen LogP contribution in [-0.2, 0) is 9.53 Å². The van der Waals surface area contributed by atoms with Crippen LogP contribution in [0.25, 0.3) is 11.1 Å². The quantitative estimate of drug-likeness (QED) is 0.614. The minimum Gasteiger partial charge on any atom is -0.465 e. The summed E-state index contributed by atoms with van der Waals surface area (Å²) in [5, 5.41) is 19.4. The number of pyridine rings is 1. The monoisotopic (exact) mass is 386 g/mol. The molecule has 1 aromatic carbocycles. The van der Waals surface area contributed by atoms with Gasteiger partial charge in [0, 0.05) is 10.6 Å². The predicted molar refractivity (Wildman–Crippen MR) is 100 cm³/mol. The summed E-state index contributed by atoms with van der Waals surface area (Å²) in [5.74, 6) is -0.422. The zero-order valence-electron chi connectivity index (χ0n) is 14.1. The molecule has 0 aliphatic heterocycles. The molecule has 132 valence electrons. The number of carbonyl (C=O) groups is 1. The molecule has 0 amide bonds. The lowest BCUT2D eigenvalue weighted by Gasteiger charge is -2.15. The first-order chi connectivity index (χ1) is 12.4. The molecule has 0 radical (unpaired) electrons. The molecule has 0 aliphatic carbocycles. The number of carbonyl (C=O) groups excluding carboxylic acids is 1. The van der Waals surface area contributed by atoms with E-state index in [0.29, 0.717) is 16.1 Å². The van der Waals surface area contributed by atoms with Crippen molar-refractivity contribution in [3.63, 3.8) is 0 Å². The van der Waals surface area contributed by atoms with Gasteiger partial charge in [0.25, 0.3) is 0 Å². The maximum atomic E-state index is 11.9. The number of hydrogen-bond acceptors (Lipinski definition) is 7. The molecule has 0 bridgehead atoms. The van der Waals surface area contributed by atoms with Gasteiger partial charge >= 0.3 is 5.97 Å². The van der Waals surface area contributed by atoms with Crippen LogP contribution < -0.4 is 5.73 Å². The van der Waals surface area contributed by atoms with E-state index >= 15 is 0 Å². The Morgan fingerprint density at radius 1 is 1.31 bits per heavy atom. The number of nitrogen functional groups attached to an aromatic ring is 1. The van der Waals surface area contributed by atoms with Crippen molar-refractivity contribution < 1.29 is 9.53 Å². The number of nitriles is 2. The van der Waals surface area contributed by atoms with Gasteiger partial charge in [-0.3, -0.25) is 4.79 Å². The van der Waals surface area contributed by atoms with Crippen molar-refractivity contribution in [2.75, 3.05) is 12.3 Å². The van der Waals surface area contributed by atoms with E-state index in [2.05, 4.69) is 11.1 Å². The molecular formula is C18H15ClN4O2S. The SMILES string of the molecule is CCOC(=O)C(C)Sc1nc(N)c(C#N)c(-c2ccc(Cl)cc2)c1C#N. The second-order valence-corrected chi connectivity index (χ2v) is 6.94. The van der Waals surface area contributed by atoms with Crippen molar-refractivity contribution in [1.29, 1.82) is 10.5 Å². The van der Waals surface area contributed by atoms with Gasteiger partial charge in [0.15, 0.2) is 0 Å². The smallest absolute Gasteiger partial charge is 0.319 e. The summed E-state index contributed by atoms with van der Waals surface area (Å²) in [6, 6.07) is 10.8. The van der Waals surface area contributed by atoms with Crippen molar-refractivity contribution >= 4 is 35.1 Å². The van der Waals surface area contributed by atoms with Crippen molar-refractivity contribution in [3.8, 4) is 23.3 Å². The molecule has 8 heteroatoms. The number of anilines is 1. The molecule has 0 fully saturated rings. The Morgan fingerprint density at radius 2 is 1.92 bits per heavy atom. The van der Waals surface area contributed by atoms with E-state index in [9.17, 15) is 15.3 Å². The largest absolute Gasteiger partial charge is 0.465 e. The van der Waals surface area contributed by atoms with Gasteiger partial charge in [0.05, 0.1) is 12.2 Å². The van der Waals surface area contributed by atoms with Gasteiger partial charge in [-0.2, -0.15) is 10.5 Å². The molecule has 1 aromatic heterocycles. The highest BCUT2D eigenvalue weighted by Crippen LogP contribution is 2.37. The molecule has 2 rings (SSSR count). The minimum atomic E-state index is -0.583. The lowest BCUT2D eigenvalue weighted by Crippen LogP contribution is -2.17. The van der Waals surface area contributed by atoms with Crippen LogP contribution in [0.3, 0.4) is 0 Å². The zero-order valence-corrected chi connectivity index (χ0v) is 15.7. The highest BCUT2D eigenvalue weighted by Gasteiger charge is 2.24. The second-order valence-electron chi connectivity index (χ2n) is 5.17. The van der Waals surface area contributed by atoms with Gasteiger partial charge in [-0.15, -0.1) is 0 Å². The number of thioether (sulfide) groups is 1. The molecule has 0 aliphatic rings. The molecule has 0 spiro atoms. The van der Waals surface area contributed by atoms with Gasteiger partial charge < -0.3 is 10.5 Å². The van der Waals surface area contributed by atoms with Crippen LogP contribution >= 0.6 is 23.4 Å². The topological polar surface area (TPSA) is 113 Å². The normalized spacial score (nSPS) is 11.3. The first-order valence-corrected chi connectivity index (χ1v) is 8.91. The van der Waals surface area contributed by atoms with Crippen LogP contribution in [0, 0.1) is 22.7 Å². The number of benzene rings is 1. The number of nitrogens with two attached hydrogens (primary N) is 1. The van der Waals surface area contributed by atoms with Crippen molar-refractivity contribution in [1.82, 2.24) is 4.98 Å².